The van der Waals surface area contributed by atoms with E-state index in [4.69, 9.17) is 9.15 Å². The summed E-state index contributed by atoms with van der Waals surface area (Å²) in [5.41, 5.74) is 0.624. The summed E-state index contributed by atoms with van der Waals surface area (Å²) in [6, 6.07) is 9.57. The predicted octanol–water partition coefficient (Wildman–Crippen LogP) is 1.15. The Bertz CT molecular complexity index is 998. The summed E-state index contributed by atoms with van der Waals surface area (Å²) in [4.78, 5) is 26.7. The average Bonchev–Trinajstić information content (AvgIpc) is 3.37. The van der Waals surface area contributed by atoms with Gasteiger partial charge in [0.15, 0.2) is 0 Å². The second-order valence-electron chi connectivity index (χ2n) is 7.16. The number of furan rings is 1. The fourth-order valence-corrected chi connectivity index (χ4v) is 5.15. The lowest BCUT2D eigenvalue weighted by Crippen LogP contribution is -2.43. The van der Waals surface area contributed by atoms with Gasteiger partial charge in [-0.1, -0.05) is 0 Å². The summed E-state index contributed by atoms with van der Waals surface area (Å²) in [5, 5.41) is 2.92. The normalized spacial score (nSPS) is 20.3. The van der Waals surface area contributed by atoms with Crippen molar-refractivity contribution < 1.29 is 27.2 Å². The fraction of sp³-hybridized carbons (Fsp3) is 0.400. The molecule has 2 aliphatic heterocycles. The molecule has 0 radical (unpaired) electrons. The molecule has 2 aliphatic rings. The lowest BCUT2D eigenvalue weighted by Gasteiger charge is -2.33. The van der Waals surface area contributed by atoms with Gasteiger partial charge in [0.05, 0.1) is 37.0 Å². The molecule has 3 heterocycles. The molecule has 1 N–H and O–H groups in total. The van der Waals surface area contributed by atoms with Crippen molar-refractivity contribution in [3.8, 4) is 0 Å². The number of ether oxygens (including phenoxy) is 1. The van der Waals surface area contributed by atoms with Gasteiger partial charge in [0, 0.05) is 31.6 Å². The van der Waals surface area contributed by atoms with Crippen LogP contribution in [0.3, 0.4) is 0 Å². The van der Waals surface area contributed by atoms with E-state index in [2.05, 4.69) is 10.2 Å². The molecule has 2 fully saturated rings. The summed E-state index contributed by atoms with van der Waals surface area (Å²) < 4.78 is 35.8. The standard InChI is InChI=1S/C20H23N3O6S/c24-19-7-13-30(26,27)23(19)16-5-3-15(4-6-16)20(25)21-14-17(18-2-1-10-29-18)22-8-11-28-12-9-22/h1-6,10,17H,7-9,11-14H2,(H,21,25). The van der Waals surface area contributed by atoms with Crippen molar-refractivity contribution in [2.75, 3.05) is 42.9 Å². The predicted molar refractivity (Wildman–Crippen MR) is 109 cm³/mol. The highest BCUT2D eigenvalue weighted by Gasteiger charge is 2.36. The molecular formula is C20H23N3O6S. The summed E-state index contributed by atoms with van der Waals surface area (Å²) in [7, 11) is -3.62. The molecule has 10 heteroatoms. The van der Waals surface area contributed by atoms with E-state index in [-0.39, 0.29) is 29.8 Å². The van der Waals surface area contributed by atoms with E-state index >= 15 is 0 Å². The van der Waals surface area contributed by atoms with Crippen LogP contribution >= 0.6 is 0 Å². The molecule has 2 amide bonds. The van der Waals surface area contributed by atoms with E-state index in [9.17, 15) is 18.0 Å². The van der Waals surface area contributed by atoms with Crippen molar-refractivity contribution in [2.24, 2.45) is 0 Å². The highest BCUT2D eigenvalue weighted by molar-refractivity contribution is 7.94. The Labute approximate surface area is 174 Å². The monoisotopic (exact) mass is 433 g/mol. The van der Waals surface area contributed by atoms with Crippen LogP contribution in [0.15, 0.2) is 47.1 Å². The second kappa shape index (κ2) is 8.58. The summed E-state index contributed by atoms with van der Waals surface area (Å²) in [6.45, 7) is 3.10. The van der Waals surface area contributed by atoms with Gasteiger partial charge in [-0.05, 0) is 36.4 Å². The molecule has 1 aromatic carbocycles. The lowest BCUT2D eigenvalue weighted by molar-refractivity contribution is -0.116. The zero-order chi connectivity index (χ0) is 21.1. The molecule has 4 rings (SSSR count). The van der Waals surface area contributed by atoms with E-state index in [1.54, 1.807) is 6.26 Å². The van der Waals surface area contributed by atoms with Gasteiger partial charge in [-0.15, -0.1) is 0 Å². The maximum Gasteiger partial charge on any atom is 0.251 e. The highest BCUT2D eigenvalue weighted by Crippen LogP contribution is 2.26. The number of sulfonamides is 1. The molecule has 1 aromatic heterocycles. The molecule has 1 unspecified atom stereocenters. The number of nitrogens with one attached hydrogen (secondary N) is 1. The molecule has 0 aliphatic carbocycles. The van der Waals surface area contributed by atoms with Gasteiger partial charge in [-0.25, -0.2) is 12.7 Å². The van der Waals surface area contributed by atoms with Crippen LogP contribution in [0.25, 0.3) is 0 Å². The third kappa shape index (κ3) is 4.25. The van der Waals surface area contributed by atoms with Crippen LogP contribution in [0.4, 0.5) is 5.69 Å². The summed E-state index contributed by atoms with van der Waals surface area (Å²) in [5.74, 6) is -0.171. The van der Waals surface area contributed by atoms with E-state index in [0.29, 0.717) is 25.3 Å². The number of hydrogen-bond donors (Lipinski definition) is 1. The Kier molecular flexibility index (Phi) is 5.89. The maximum absolute atomic E-state index is 12.6. The minimum Gasteiger partial charge on any atom is -0.468 e. The zero-order valence-corrected chi connectivity index (χ0v) is 17.1. The van der Waals surface area contributed by atoms with Crippen LogP contribution in [-0.2, 0) is 19.6 Å². The zero-order valence-electron chi connectivity index (χ0n) is 16.3. The van der Waals surface area contributed by atoms with E-state index in [1.807, 2.05) is 12.1 Å². The van der Waals surface area contributed by atoms with Crippen LogP contribution in [0, 0.1) is 0 Å². The van der Waals surface area contributed by atoms with Crippen molar-refractivity contribution in [1.82, 2.24) is 10.2 Å². The number of rotatable bonds is 6. The first kappa shape index (κ1) is 20.6. The quantitative estimate of drug-likeness (QED) is 0.728. The molecule has 30 heavy (non-hydrogen) atoms. The molecule has 160 valence electrons. The van der Waals surface area contributed by atoms with E-state index < -0.39 is 15.9 Å². The van der Waals surface area contributed by atoms with Crippen LogP contribution in [-0.4, -0.2) is 63.7 Å². The first-order valence-corrected chi connectivity index (χ1v) is 11.4. The largest absolute Gasteiger partial charge is 0.468 e. The average molecular weight is 433 g/mol. The van der Waals surface area contributed by atoms with Crippen molar-refractivity contribution in [3.05, 3.63) is 54.0 Å². The van der Waals surface area contributed by atoms with Gasteiger partial charge >= 0.3 is 0 Å². The SMILES string of the molecule is O=C(NCC(c1ccco1)N1CCOCC1)c1ccc(N2C(=O)CCS2(=O)=O)cc1. The van der Waals surface area contributed by atoms with Gasteiger partial charge in [-0.2, -0.15) is 0 Å². The Balaban J connectivity index is 1.43. The van der Waals surface area contributed by atoms with Crippen molar-refractivity contribution in [2.45, 2.75) is 12.5 Å². The van der Waals surface area contributed by atoms with Crippen molar-refractivity contribution >= 4 is 27.5 Å². The number of carbonyl (C=O) groups excluding carboxylic acids is 2. The number of morpholine rings is 1. The topological polar surface area (TPSA) is 109 Å². The Morgan fingerprint density at radius 3 is 2.47 bits per heavy atom. The number of carbonyl (C=O) groups is 2. The molecule has 0 spiro atoms. The van der Waals surface area contributed by atoms with Gasteiger partial charge in [-0.3, -0.25) is 14.5 Å². The summed E-state index contributed by atoms with van der Waals surface area (Å²) >= 11 is 0. The molecule has 0 saturated carbocycles. The Hall–Kier alpha value is -2.69. The number of amides is 2. The van der Waals surface area contributed by atoms with Gasteiger partial charge in [0.1, 0.15) is 5.76 Å². The van der Waals surface area contributed by atoms with Crippen molar-refractivity contribution in [3.63, 3.8) is 0 Å². The highest BCUT2D eigenvalue weighted by atomic mass is 32.2. The molecule has 9 nitrogen and oxygen atoms in total. The van der Waals surface area contributed by atoms with Gasteiger partial charge in [0.25, 0.3) is 5.91 Å². The lowest BCUT2D eigenvalue weighted by atomic mass is 10.1. The fourth-order valence-electron chi connectivity index (χ4n) is 3.69. The number of nitrogens with zero attached hydrogens (tertiary/aromatic N) is 2. The van der Waals surface area contributed by atoms with E-state index in [0.717, 1.165) is 23.2 Å². The minimum absolute atomic E-state index is 0.0275. The minimum atomic E-state index is -3.62. The Morgan fingerprint density at radius 1 is 1.13 bits per heavy atom. The van der Waals surface area contributed by atoms with E-state index in [1.165, 1.54) is 24.3 Å². The molecule has 2 saturated heterocycles. The van der Waals surface area contributed by atoms with Gasteiger partial charge in [0.2, 0.25) is 15.9 Å². The van der Waals surface area contributed by atoms with Crippen LogP contribution in [0.1, 0.15) is 28.6 Å². The van der Waals surface area contributed by atoms with Crippen LogP contribution < -0.4 is 9.62 Å². The van der Waals surface area contributed by atoms with Crippen LogP contribution in [0.2, 0.25) is 0 Å². The molecule has 2 aromatic rings. The Morgan fingerprint density at radius 2 is 1.87 bits per heavy atom. The van der Waals surface area contributed by atoms with Crippen molar-refractivity contribution in [1.29, 1.82) is 0 Å². The molecule has 0 bridgehead atoms. The first-order valence-electron chi connectivity index (χ1n) is 9.75. The first-order chi connectivity index (χ1) is 14.5. The number of benzene rings is 1. The second-order valence-corrected chi connectivity index (χ2v) is 9.10. The maximum atomic E-state index is 12.6. The van der Waals surface area contributed by atoms with Crippen LogP contribution in [0.5, 0.6) is 0 Å². The third-order valence-corrected chi connectivity index (χ3v) is 6.95. The molecular weight excluding hydrogens is 410 g/mol. The third-order valence-electron chi connectivity index (χ3n) is 5.26. The summed E-state index contributed by atoms with van der Waals surface area (Å²) in [6.07, 6.45) is 1.58. The molecule has 1 atom stereocenters. The number of hydrogen-bond acceptors (Lipinski definition) is 7. The van der Waals surface area contributed by atoms with Gasteiger partial charge < -0.3 is 14.5 Å². The smallest absolute Gasteiger partial charge is 0.251 e. The number of anilines is 1.